The molecule has 1 aliphatic carbocycles. The number of anilines is 1. The highest BCUT2D eigenvalue weighted by atomic mass is 79.9. The van der Waals surface area contributed by atoms with E-state index in [0.29, 0.717) is 28.8 Å². The van der Waals surface area contributed by atoms with E-state index in [9.17, 15) is 4.79 Å². The summed E-state index contributed by atoms with van der Waals surface area (Å²) in [4.78, 5) is 16.8. The van der Waals surface area contributed by atoms with Crippen LogP contribution in [0.3, 0.4) is 0 Å². The number of hydrogen-bond acceptors (Lipinski definition) is 4. The first kappa shape index (κ1) is 23.6. The zero-order valence-electron chi connectivity index (χ0n) is 17.7. The van der Waals surface area contributed by atoms with Gasteiger partial charge in [-0.25, -0.2) is 9.78 Å². The molecule has 7 nitrogen and oxygen atoms in total. The van der Waals surface area contributed by atoms with E-state index in [1.807, 2.05) is 42.5 Å². The van der Waals surface area contributed by atoms with Gasteiger partial charge in [0.25, 0.3) is 0 Å². The standard InChI is InChI=1S/C23H23BrCl2N6O/c24-16-14-29-32-21(13-20(30-22(16)32)15-7-1-2-8-17(15)25)27-11-5-6-12-28-23(33)31-19-10-4-3-9-18(19)26/h1-3,7-9,13-14,27H,4-6,10-12H2,(H2,28,31,33). The highest BCUT2D eigenvalue weighted by Gasteiger charge is 2.13. The number of benzene rings is 1. The molecule has 1 aliphatic rings. The van der Waals surface area contributed by atoms with Crippen LogP contribution in [0.15, 0.2) is 63.9 Å². The molecule has 3 N–H and O–H groups in total. The molecule has 0 aliphatic heterocycles. The second-order valence-electron chi connectivity index (χ2n) is 7.52. The maximum absolute atomic E-state index is 12.1. The molecule has 172 valence electrons. The van der Waals surface area contributed by atoms with Crippen molar-refractivity contribution >= 4 is 56.6 Å². The number of amides is 2. The van der Waals surface area contributed by atoms with Gasteiger partial charge in [-0.05, 0) is 53.8 Å². The molecule has 0 radical (unpaired) electrons. The van der Waals surface area contributed by atoms with Gasteiger partial charge < -0.3 is 16.0 Å². The van der Waals surface area contributed by atoms with E-state index in [1.165, 1.54) is 0 Å². The molecule has 2 heterocycles. The van der Waals surface area contributed by atoms with E-state index in [-0.39, 0.29) is 6.03 Å². The molecule has 0 saturated carbocycles. The number of carbonyl (C=O) groups excluding carboxylic acids is 1. The molecule has 0 saturated heterocycles. The predicted octanol–water partition coefficient (Wildman–Crippen LogP) is 6.10. The van der Waals surface area contributed by atoms with E-state index in [1.54, 1.807) is 10.7 Å². The van der Waals surface area contributed by atoms with Gasteiger partial charge in [0.05, 0.1) is 21.4 Å². The third-order valence-corrected chi connectivity index (χ3v) is 6.39. The van der Waals surface area contributed by atoms with E-state index in [4.69, 9.17) is 28.2 Å². The van der Waals surface area contributed by atoms with Crippen molar-refractivity contribution in [1.82, 2.24) is 25.2 Å². The van der Waals surface area contributed by atoms with Crippen LogP contribution < -0.4 is 16.0 Å². The lowest BCUT2D eigenvalue weighted by atomic mass is 10.1. The first-order valence-electron chi connectivity index (χ1n) is 10.7. The van der Waals surface area contributed by atoms with Crippen LogP contribution >= 0.6 is 39.1 Å². The van der Waals surface area contributed by atoms with Crippen LogP contribution in [0.4, 0.5) is 10.6 Å². The first-order valence-corrected chi connectivity index (χ1v) is 12.2. The summed E-state index contributed by atoms with van der Waals surface area (Å²) in [6.45, 7) is 1.28. The highest BCUT2D eigenvalue weighted by molar-refractivity contribution is 9.10. The van der Waals surface area contributed by atoms with Crippen molar-refractivity contribution < 1.29 is 4.79 Å². The Balaban J connectivity index is 1.32. The summed E-state index contributed by atoms with van der Waals surface area (Å²) in [5, 5.41) is 14.8. The molecule has 10 heteroatoms. The molecular formula is C23H23BrCl2N6O. The van der Waals surface area contributed by atoms with Gasteiger partial charge in [0, 0.05) is 35.4 Å². The van der Waals surface area contributed by atoms with Crippen molar-refractivity contribution in [2.45, 2.75) is 25.7 Å². The molecule has 0 fully saturated rings. The fourth-order valence-corrected chi connectivity index (χ4v) is 4.29. The molecule has 0 bridgehead atoms. The normalized spacial score (nSPS) is 13.4. The number of nitrogens with zero attached hydrogens (tertiary/aromatic N) is 3. The Morgan fingerprint density at radius 2 is 2.00 bits per heavy atom. The lowest BCUT2D eigenvalue weighted by Crippen LogP contribution is -2.36. The Morgan fingerprint density at radius 3 is 2.82 bits per heavy atom. The van der Waals surface area contributed by atoms with E-state index in [0.717, 1.165) is 52.9 Å². The van der Waals surface area contributed by atoms with Gasteiger partial charge in [-0.1, -0.05) is 47.5 Å². The fraction of sp³-hybridized carbons (Fsp3) is 0.261. The number of urea groups is 1. The van der Waals surface area contributed by atoms with Crippen LogP contribution in [0.1, 0.15) is 25.7 Å². The van der Waals surface area contributed by atoms with Gasteiger partial charge in [-0.15, -0.1) is 0 Å². The number of aromatic nitrogens is 3. The van der Waals surface area contributed by atoms with Crippen LogP contribution in [-0.4, -0.2) is 33.7 Å². The molecular weight excluding hydrogens is 527 g/mol. The summed E-state index contributed by atoms with van der Waals surface area (Å²) in [6.07, 6.45) is 8.83. The average molecular weight is 550 g/mol. The molecule has 0 unspecified atom stereocenters. The van der Waals surface area contributed by atoms with Crippen LogP contribution in [0.5, 0.6) is 0 Å². The second kappa shape index (κ2) is 11.0. The monoisotopic (exact) mass is 548 g/mol. The zero-order chi connectivity index (χ0) is 23.2. The topological polar surface area (TPSA) is 83.3 Å². The van der Waals surface area contributed by atoms with Crippen molar-refractivity contribution in [2.24, 2.45) is 0 Å². The van der Waals surface area contributed by atoms with Gasteiger partial charge in [-0.3, -0.25) is 0 Å². The second-order valence-corrected chi connectivity index (χ2v) is 9.19. The van der Waals surface area contributed by atoms with Gasteiger partial charge in [0.1, 0.15) is 5.82 Å². The van der Waals surface area contributed by atoms with Gasteiger partial charge in [0.2, 0.25) is 0 Å². The largest absolute Gasteiger partial charge is 0.370 e. The predicted molar refractivity (Wildman–Crippen MR) is 137 cm³/mol. The summed E-state index contributed by atoms with van der Waals surface area (Å²) in [7, 11) is 0. The van der Waals surface area contributed by atoms with Crippen molar-refractivity contribution in [1.29, 1.82) is 0 Å². The Morgan fingerprint density at radius 1 is 1.18 bits per heavy atom. The minimum atomic E-state index is -0.229. The number of fused-ring (bicyclic) bond motifs is 1. The minimum Gasteiger partial charge on any atom is -0.370 e. The van der Waals surface area contributed by atoms with Gasteiger partial charge in [0.15, 0.2) is 5.65 Å². The quantitative estimate of drug-likeness (QED) is 0.296. The first-order chi connectivity index (χ1) is 16.0. The Hall–Kier alpha value is -2.55. The fourth-order valence-electron chi connectivity index (χ4n) is 3.48. The highest BCUT2D eigenvalue weighted by Crippen LogP contribution is 2.30. The van der Waals surface area contributed by atoms with Crippen LogP contribution in [0, 0.1) is 0 Å². The SMILES string of the molecule is O=C(NCCCCNc1cc(-c2ccccc2Cl)nc2c(Br)cnn12)NC1=C(Cl)C=CCC1. The Kier molecular flexibility index (Phi) is 7.90. The maximum atomic E-state index is 12.1. The molecule has 1 aromatic carbocycles. The molecule has 4 rings (SSSR count). The summed E-state index contributed by atoms with van der Waals surface area (Å²) >= 11 is 16.0. The molecule has 2 aromatic heterocycles. The number of allylic oxidation sites excluding steroid dienone is 4. The van der Waals surface area contributed by atoms with Crippen molar-refractivity contribution in [3.8, 4) is 11.3 Å². The zero-order valence-corrected chi connectivity index (χ0v) is 20.8. The molecule has 33 heavy (non-hydrogen) atoms. The third-order valence-electron chi connectivity index (χ3n) is 5.15. The Labute approximate surface area is 210 Å². The van der Waals surface area contributed by atoms with E-state index in [2.05, 4.69) is 37.0 Å². The van der Waals surface area contributed by atoms with Crippen LogP contribution in [-0.2, 0) is 0 Å². The summed E-state index contributed by atoms with van der Waals surface area (Å²) < 4.78 is 2.56. The van der Waals surface area contributed by atoms with E-state index >= 15 is 0 Å². The summed E-state index contributed by atoms with van der Waals surface area (Å²) in [5.74, 6) is 0.818. The maximum Gasteiger partial charge on any atom is 0.319 e. The van der Waals surface area contributed by atoms with Crippen LogP contribution in [0.2, 0.25) is 5.02 Å². The smallest absolute Gasteiger partial charge is 0.319 e. The minimum absolute atomic E-state index is 0.229. The number of nitrogens with one attached hydrogen (secondary N) is 3. The van der Waals surface area contributed by atoms with Gasteiger partial charge >= 0.3 is 6.03 Å². The number of unbranched alkanes of at least 4 members (excludes halogenated alkanes) is 1. The lowest BCUT2D eigenvalue weighted by molar-refractivity contribution is 0.243. The van der Waals surface area contributed by atoms with Crippen molar-refractivity contribution in [2.75, 3.05) is 18.4 Å². The number of hydrogen-bond donors (Lipinski definition) is 3. The number of halogens is 3. The third kappa shape index (κ3) is 5.88. The van der Waals surface area contributed by atoms with Crippen molar-refractivity contribution in [3.05, 3.63) is 68.9 Å². The lowest BCUT2D eigenvalue weighted by Gasteiger charge is -2.14. The number of rotatable bonds is 8. The van der Waals surface area contributed by atoms with Crippen molar-refractivity contribution in [3.63, 3.8) is 0 Å². The summed E-state index contributed by atoms with van der Waals surface area (Å²) in [5.41, 5.74) is 3.09. The summed E-state index contributed by atoms with van der Waals surface area (Å²) in [6, 6.07) is 9.33. The Bertz CT molecular complexity index is 1220. The molecule has 0 spiro atoms. The molecule has 0 atom stereocenters. The van der Waals surface area contributed by atoms with E-state index < -0.39 is 0 Å². The molecule has 3 aromatic rings. The average Bonchev–Trinajstić information content (AvgIpc) is 3.18. The number of carbonyl (C=O) groups is 1. The van der Waals surface area contributed by atoms with Crippen LogP contribution in [0.25, 0.3) is 16.9 Å². The molecule has 2 amide bonds. The van der Waals surface area contributed by atoms with Gasteiger partial charge in [-0.2, -0.15) is 9.61 Å².